The van der Waals surface area contributed by atoms with Crippen LogP contribution in [0.2, 0.25) is 0 Å². The largest absolute Gasteiger partial charge is 0.469 e. The molecule has 4 nitrogen and oxygen atoms in total. The topological polar surface area (TPSA) is 70.3 Å². The van der Waals surface area contributed by atoms with Gasteiger partial charge in [-0.2, -0.15) is 5.26 Å². The third kappa shape index (κ3) is 2.81. The van der Waals surface area contributed by atoms with E-state index in [4.69, 9.17) is 10.4 Å². The molecule has 0 aliphatic carbocycles. The van der Waals surface area contributed by atoms with Gasteiger partial charge in [0.1, 0.15) is 0 Å². The van der Waals surface area contributed by atoms with E-state index in [9.17, 15) is 4.79 Å². The van der Waals surface area contributed by atoms with Crippen molar-refractivity contribution in [3.8, 4) is 6.07 Å². The van der Waals surface area contributed by atoms with Crippen molar-refractivity contribution in [1.29, 1.82) is 5.26 Å². The van der Waals surface area contributed by atoms with Crippen LogP contribution in [0.15, 0.2) is 16.6 Å². The molecule has 0 bridgehead atoms. The first-order valence-corrected chi connectivity index (χ1v) is 5.30. The lowest BCUT2D eigenvalue weighted by Gasteiger charge is -2.09. The van der Waals surface area contributed by atoms with Gasteiger partial charge in [-0.3, -0.25) is 4.79 Å². The maximum Gasteiger partial charge on any atom is 0.310 e. The zero-order valence-electron chi connectivity index (χ0n) is 8.66. The summed E-state index contributed by atoms with van der Waals surface area (Å²) in [6, 6.07) is 5.28. The Morgan fingerprint density at radius 3 is 2.81 bits per heavy atom. The average Bonchev–Trinajstić information content (AvgIpc) is 2.30. The number of hydrogen-bond donors (Lipinski definition) is 1. The predicted octanol–water partition coefficient (Wildman–Crippen LogP) is 1.53. The summed E-state index contributed by atoms with van der Waals surface area (Å²) >= 11 is 3.23. The number of benzene rings is 1. The quantitative estimate of drug-likeness (QED) is 0.854. The van der Waals surface area contributed by atoms with Crippen LogP contribution in [0.4, 0.5) is 0 Å². The number of aliphatic hydroxyl groups excluding tert-OH is 1. The van der Waals surface area contributed by atoms with Crippen molar-refractivity contribution in [1.82, 2.24) is 0 Å². The van der Waals surface area contributed by atoms with Crippen LogP contribution in [-0.2, 0) is 22.6 Å². The van der Waals surface area contributed by atoms with Gasteiger partial charge in [0.15, 0.2) is 0 Å². The standard InChI is InChI=1S/C11H10BrNO3/c1-16-11(15)4-10-7(5-13)2-9(12)3-8(10)6-14/h2-3,14H,4,6H2,1H3. The third-order valence-electron chi connectivity index (χ3n) is 2.15. The number of esters is 1. The zero-order chi connectivity index (χ0) is 12.1. The number of rotatable bonds is 3. The van der Waals surface area contributed by atoms with Crippen LogP contribution in [0.1, 0.15) is 16.7 Å². The number of aliphatic hydroxyl groups is 1. The zero-order valence-corrected chi connectivity index (χ0v) is 10.2. The van der Waals surface area contributed by atoms with Crippen LogP contribution in [0.3, 0.4) is 0 Å². The fourth-order valence-corrected chi connectivity index (χ4v) is 1.86. The molecule has 0 amide bonds. The minimum absolute atomic E-state index is 0.0113. The normalized spacial score (nSPS) is 9.62. The van der Waals surface area contributed by atoms with Gasteiger partial charge >= 0.3 is 5.97 Å². The van der Waals surface area contributed by atoms with Crippen molar-refractivity contribution in [2.24, 2.45) is 0 Å². The number of nitriles is 1. The Balaban J connectivity index is 3.23. The highest BCUT2D eigenvalue weighted by Gasteiger charge is 2.13. The first-order chi connectivity index (χ1) is 7.62. The fraction of sp³-hybridized carbons (Fsp3) is 0.273. The highest BCUT2D eigenvalue weighted by Crippen LogP contribution is 2.22. The molecule has 0 heterocycles. The molecule has 1 N–H and O–H groups in total. The molecule has 0 radical (unpaired) electrons. The average molecular weight is 284 g/mol. The second-order valence-corrected chi connectivity index (χ2v) is 4.03. The molecule has 0 saturated heterocycles. The van der Waals surface area contributed by atoms with E-state index in [0.717, 1.165) is 0 Å². The minimum Gasteiger partial charge on any atom is -0.469 e. The summed E-state index contributed by atoms with van der Waals surface area (Å²) in [6.07, 6.45) is -0.0113. The second-order valence-electron chi connectivity index (χ2n) is 3.11. The molecule has 0 aliphatic heterocycles. The number of ether oxygens (including phenoxy) is 1. The van der Waals surface area contributed by atoms with E-state index in [1.54, 1.807) is 12.1 Å². The van der Waals surface area contributed by atoms with Crippen LogP contribution in [0, 0.1) is 11.3 Å². The summed E-state index contributed by atoms with van der Waals surface area (Å²) in [5.74, 6) is -0.437. The second kappa shape index (κ2) is 5.64. The number of carbonyl (C=O) groups excluding carboxylic acids is 1. The maximum absolute atomic E-state index is 11.2. The van der Waals surface area contributed by atoms with E-state index < -0.39 is 5.97 Å². The lowest BCUT2D eigenvalue weighted by molar-refractivity contribution is -0.139. The van der Waals surface area contributed by atoms with Crippen LogP contribution >= 0.6 is 15.9 Å². The van der Waals surface area contributed by atoms with E-state index in [2.05, 4.69) is 20.7 Å². The van der Waals surface area contributed by atoms with Crippen molar-refractivity contribution < 1.29 is 14.6 Å². The summed E-state index contributed by atoms with van der Waals surface area (Å²) in [7, 11) is 1.28. The first-order valence-electron chi connectivity index (χ1n) is 4.51. The van der Waals surface area contributed by atoms with Gasteiger partial charge in [-0.15, -0.1) is 0 Å². The minimum atomic E-state index is -0.437. The van der Waals surface area contributed by atoms with Crippen molar-refractivity contribution in [3.63, 3.8) is 0 Å². The highest BCUT2D eigenvalue weighted by molar-refractivity contribution is 9.10. The Bertz CT molecular complexity index is 451. The predicted molar refractivity (Wildman–Crippen MR) is 60.5 cm³/mol. The smallest absolute Gasteiger partial charge is 0.310 e. The fourth-order valence-electron chi connectivity index (χ4n) is 1.36. The van der Waals surface area contributed by atoms with E-state index >= 15 is 0 Å². The third-order valence-corrected chi connectivity index (χ3v) is 2.60. The summed E-state index contributed by atoms with van der Waals surface area (Å²) in [5.41, 5.74) is 1.43. The Morgan fingerprint density at radius 1 is 1.62 bits per heavy atom. The molecule has 5 heteroatoms. The van der Waals surface area contributed by atoms with Gasteiger partial charge in [0.2, 0.25) is 0 Å². The molecule has 0 unspecified atom stereocenters. The van der Waals surface area contributed by atoms with Gasteiger partial charge in [0.25, 0.3) is 0 Å². The monoisotopic (exact) mass is 283 g/mol. The molecule has 0 spiro atoms. The molecule has 0 atom stereocenters. The van der Waals surface area contributed by atoms with Crippen molar-refractivity contribution in [2.45, 2.75) is 13.0 Å². The number of nitrogens with zero attached hydrogens (tertiary/aromatic N) is 1. The molecule has 0 fully saturated rings. The van der Waals surface area contributed by atoms with Crippen molar-refractivity contribution >= 4 is 21.9 Å². The molecule has 1 rings (SSSR count). The number of hydrogen-bond acceptors (Lipinski definition) is 4. The maximum atomic E-state index is 11.2. The summed E-state index contributed by atoms with van der Waals surface area (Å²) in [4.78, 5) is 11.2. The molecular weight excluding hydrogens is 274 g/mol. The lowest BCUT2D eigenvalue weighted by Crippen LogP contribution is -2.09. The van der Waals surface area contributed by atoms with Crippen LogP contribution < -0.4 is 0 Å². The van der Waals surface area contributed by atoms with Gasteiger partial charge in [0, 0.05) is 4.47 Å². The molecule has 0 saturated carbocycles. The van der Waals surface area contributed by atoms with Crippen LogP contribution in [0.5, 0.6) is 0 Å². The van der Waals surface area contributed by atoms with Gasteiger partial charge < -0.3 is 9.84 Å². The Labute approximate surface area is 102 Å². The van der Waals surface area contributed by atoms with Gasteiger partial charge in [-0.05, 0) is 23.3 Å². The van der Waals surface area contributed by atoms with Crippen LogP contribution in [-0.4, -0.2) is 18.2 Å². The molecule has 84 valence electrons. The van der Waals surface area contributed by atoms with Gasteiger partial charge in [-0.25, -0.2) is 0 Å². The number of halogens is 1. The molecule has 0 aliphatic rings. The number of methoxy groups -OCH3 is 1. The number of carbonyl (C=O) groups is 1. The van der Waals surface area contributed by atoms with E-state index in [0.29, 0.717) is 21.2 Å². The first kappa shape index (κ1) is 12.7. The van der Waals surface area contributed by atoms with Gasteiger partial charge in [-0.1, -0.05) is 15.9 Å². The molecule has 1 aromatic carbocycles. The van der Waals surface area contributed by atoms with E-state index in [1.807, 2.05) is 6.07 Å². The molecule has 1 aromatic rings. The summed E-state index contributed by atoms with van der Waals surface area (Å²) in [5, 5.41) is 18.1. The van der Waals surface area contributed by atoms with Crippen molar-refractivity contribution in [2.75, 3.05) is 7.11 Å². The Hall–Kier alpha value is -1.38. The Kier molecular flexibility index (Phi) is 4.47. The van der Waals surface area contributed by atoms with E-state index in [1.165, 1.54) is 7.11 Å². The SMILES string of the molecule is COC(=O)Cc1c(C#N)cc(Br)cc1CO. The van der Waals surface area contributed by atoms with Crippen LogP contribution in [0.25, 0.3) is 0 Å². The van der Waals surface area contributed by atoms with Crippen molar-refractivity contribution in [3.05, 3.63) is 33.3 Å². The Morgan fingerprint density at radius 2 is 2.31 bits per heavy atom. The van der Waals surface area contributed by atoms with E-state index in [-0.39, 0.29) is 13.0 Å². The molecule has 16 heavy (non-hydrogen) atoms. The van der Waals surface area contributed by atoms with Gasteiger partial charge in [0.05, 0.1) is 31.8 Å². The summed E-state index contributed by atoms with van der Waals surface area (Å²) in [6.45, 7) is -0.222. The highest BCUT2D eigenvalue weighted by atomic mass is 79.9. The lowest BCUT2D eigenvalue weighted by atomic mass is 9.99. The molecule has 0 aromatic heterocycles. The molecular formula is C11H10BrNO3. The summed E-state index contributed by atoms with van der Waals surface area (Å²) < 4.78 is 5.24.